The lowest BCUT2D eigenvalue weighted by molar-refractivity contribution is 0.0862. The van der Waals surface area contributed by atoms with Crippen LogP contribution in [0.2, 0.25) is 0 Å². The number of hydrogen-bond donors (Lipinski definition) is 1. The molecule has 11 heavy (non-hydrogen) atoms. The summed E-state index contributed by atoms with van der Waals surface area (Å²) in [6.07, 6.45) is 5.59. The van der Waals surface area contributed by atoms with Gasteiger partial charge in [-0.3, -0.25) is 0 Å². The second-order valence-corrected chi connectivity index (χ2v) is 2.90. The molecule has 0 aliphatic carbocycles. The van der Waals surface area contributed by atoms with Gasteiger partial charge in [-0.1, -0.05) is 13.3 Å². The molecule has 0 aromatic rings. The smallest absolute Gasteiger partial charge is 0.120 e. The lowest BCUT2D eigenvalue weighted by atomic mass is 10.1. The van der Waals surface area contributed by atoms with E-state index in [0.717, 1.165) is 38.0 Å². The third kappa shape index (κ3) is 2.54. The van der Waals surface area contributed by atoms with Crippen molar-refractivity contribution in [3.8, 4) is 0 Å². The van der Waals surface area contributed by atoms with Gasteiger partial charge >= 0.3 is 0 Å². The summed E-state index contributed by atoms with van der Waals surface area (Å²) in [5.41, 5.74) is 0. The summed E-state index contributed by atoms with van der Waals surface area (Å²) < 4.78 is 5.30. The van der Waals surface area contributed by atoms with E-state index in [2.05, 4.69) is 6.92 Å². The third-order valence-corrected chi connectivity index (χ3v) is 1.85. The average Bonchev–Trinajstić information content (AvgIpc) is 2.07. The van der Waals surface area contributed by atoms with Crippen molar-refractivity contribution in [2.75, 3.05) is 6.61 Å². The van der Waals surface area contributed by atoms with Gasteiger partial charge in [0.05, 0.1) is 6.61 Å². The summed E-state index contributed by atoms with van der Waals surface area (Å²) in [5.74, 6) is 0.790. The molecular formula is C9H16O2. The van der Waals surface area contributed by atoms with Gasteiger partial charge in [0.15, 0.2) is 0 Å². The lowest BCUT2D eigenvalue weighted by Gasteiger charge is -2.19. The van der Waals surface area contributed by atoms with Crippen molar-refractivity contribution in [3.63, 3.8) is 0 Å². The fourth-order valence-corrected chi connectivity index (χ4v) is 1.22. The van der Waals surface area contributed by atoms with Crippen LogP contribution in [0.5, 0.6) is 0 Å². The number of ether oxygens (including phenoxy) is 1. The number of aliphatic hydroxyl groups is 1. The van der Waals surface area contributed by atoms with E-state index in [4.69, 9.17) is 4.74 Å². The van der Waals surface area contributed by atoms with Crippen molar-refractivity contribution < 1.29 is 9.84 Å². The van der Waals surface area contributed by atoms with Crippen molar-refractivity contribution >= 4 is 0 Å². The van der Waals surface area contributed by atoms with Crippen molar-refractivity contribution in [3.05, 3.63) is 11.8 Å². The molecule has 1 rings (SSSR count). The van der Waals surface area contributed by atoms with Crippen LogP contribution in [0.3, 0.4) is 0 Å². The van der Waals surface area contributed by atoms with Crippen LogP contribution in [-0.4, -0.2) is 17.8 Å². The first-order chi connectivity index (χ1) is 5.34. The molecule has 1 aliphatic heterocycles. The Morgan fingerprint density at radius 2 is 2.55 bits per heavy atom. The second kappa shape index (κ2) is 4.39. The highest BCUT2D eigenvalue weighted by atomic mass is 16.5. The maximum Gasteiger partial charge on any atom is 0.120 e. The number of aliphatic hydroxyl groups excluding tert-OH is 1. The van der Waals surface area contributed by atoms with Crippen molar-refractivity contribution in [2.45, 2.75) is 38.7 Å². The summed E-state index contributed by atoms with van der Waals surface area (Å²) in [7, 11) is 0. The monoisotopic (exact) mass is 156 g/mol. The summed E-state index contributed by atoms with van der Waals surface area (Å²) in [5, 5.41) is 9.48. The van der Waals surface area contributed by atoms with Gasteiger partial charge in [-0.15, -0.1) is 0 Å². The Kier molecular flexibility index (Phi) is 3.43. The first kappa shape index (κ1) is 8.60. The van der Waals surface area contributed by atoms with E-state index in [0.29, 0.717) is 0 Å². The summed E-state index contributed by atoms with van der Waals surface area (Å²) in [6, 6.07) is 0. The molecule has 1 N–H and O–H groups in total. The topological polar surface area (TPSA) is 29.5 Å². The van der Waals surface area contributed by atoms with Crippen LogP contribution in [0.1, 0.15) is 32.6 Å². The van der Waals surface area contributed by atoms with Crippen LogP contribution in [0.15, 0.2) is 11.8 Å². The Hall–Kier alpha value is -0.500. The van der Waals surface area contributed by atoms with E-state index < -0.39 is 0 Å². The molecule has 0 saturated carbocycles. The Bertz CT molecular complexity index is 140. The highest BCUT2D eigenvalue weighted by Gasteiger charge is 2.12. The highest BCUT2D eigenvalue weighted by molar-refractivity contribution is 5.01. The fraction of sp³-hybridized carbons (Fsp3) is 0.778. The van der Waals surface area contributed by atoms with Gasteiger partial charge in [-0.2, -0.15) is 0 Å². The molecule has 0 spiro atoms. The van der Waals surface area contributed by atoms with Gasteiger partial charge in [-0.05, 0) is 25.3 Å². The van der Waals surface area contributed by atoms with Gasteiger partial charge in [0.2, 0.25) is 0 Å². The molecule has 2 nitrogen and oxygen atoms in total. The quantitative estimate of drug-likeness (QED) is 0.675. The molecule has 0 aromatic carbocycles. The summed E-state index contributed by atoms with van der Waals surface area (Å²) in [4.78, 5) is 0. The van der Waals surface area contributed by atoms with Crippen LogP contribution in [0.4, 0.5) is 0 Å². The SMILES string of the molecule is CCCC(O)C1=CCCCO1. The van der Waals surface area contributed by atoms with E-state index >= 15 is 0 Å². The standard InChI is InChI=1S/C9H16O2/c1-2-5-8(10)9-6-3-4-7-11-9/h6,8,10H,2-5,7H2,1H3. The largest absolute Gasteiger partial charge is 0.496 e. The molecule has 1 heterocycles. The number of rotatable bonds is 3. The zero-order valence-electron chi connectivity index (χ0n) is 7.05. The van der Waals surface area contributed by atoms with Crippen molar-refractivity contribution in [1.29, 1.82) is 0 Å². The molecule has 0 radical (unpaired) electrons. The van der Waals surface area contributed by atoms with E-state index in [-0.39, 0.29) is 6.10 Å². The molecule has 0 saturated heterocycles. The summed E-state index contributed by atoms with van der Waals surface area (Å²) >= 11 is 0. The minimum atomic E-state index is -0.361. The average molecular weight is 156 g/mol. The zero-order chi connectivity index (χ0) is 8.10. The van der Waals surface area contributed by atoms with Crippen molar-refractivity contribution in [1.82, 2.24) is 0 Å². The Labute approximate surface area is 67.9 Å². The van der Waals surface area contributed by atoms with E-state index in [1.54, 1.807) is 0 Å². The first-order valence-electron chi connectivity index (χ1n) is 4.35. The molecule has 64 valence electrons. The van der Waals surface area contributed by atoms with Gasteiger partial charge in [0.1, 0.15) is 11.9 Å². The zero-order valence-corrected chi connectivity index (χ0v) is 7.05. The fourth-order valence-electron chi connectivity index (χ4n) is 1.22. The Morgan fingerprint density at radius 3 is 3.09 bits per heavy atom. The van der Waals surface area contributed by atoms with Crippen LogP contribution in [0, 0.1) is 0 Å². The number of allylic oxidation sites excluding steroid dienone is 1. The molecule has 0 fully saturated rings. The molecule has 1 aliphatic rings. The van der Waals surface area contributed by atoms with Crippen LogP contribution in [-0.2, 0) is 4.74 Å². The van der Waals surface area contributed by atoms with E-state index in [9.17, 15) is 5.11 Å². The third-order valence-electron chi connectivity index (χ3n) is 1.85. The summed E-state index contributed by atoms with van der Waals surface area (Å²) in [6.45, 7) is 2.83. The highest BCUT2D eigenvalue weighted by Crippen LogP contribution is 2.16. The van der Waals surface area contributed by atoms with E-state index in [1.165, 1.54) is 0 Å². The minimum Gasteiger partial charge on any atom is -0.496 e. The van der Waals surface area contributed by atoms with Crippen LogP contribution < -0.4 is 0 Å². The Balaban J connectivity index is 2.37. The normalized spacial score (nSPS) is 20.4. The first-order valence-corrected chi connectivity index (χ1v) is 4.35. The predicted molar refractivity (Wildman–Crippen MR) is 44.2 cm³/mol. The molecule has 0 amide bonds. The van der Waals surface area contributed by atoms with Gasteiger partial charge in [0, 0.05) is 0 Å². The molecule has 2 heteroatoms. The van der Waals surface area contributed by atoms with Crippen LogP contribution in [0.25, 0.3) is 0 Å². The number of hydrogen-bond acceptors (Lipinski definition) is 2. The maximum absolute atomic E-state index is 9.48. The maximum atomic E-state index is 9.48. The molecule has 0 aromatic heterocycles. The van der Waals surface area contributed by atoms with Gasteiger partial charge < -0.3 is 9.84 Å². The second-order valence-electron chi connectivity index (χ2n) is 2.90. The van der Waals surface area contributed by atoms with Crippen molar-refractivity contribution in [2.24, 2.45) is 0 Å². The van der Waals surface area contributed by atoms with Gasteiger partial charge in [0.25, 0.3) is 0 Å². The molecule has 1 atom stereocenters. The molecular weight excluding hydrogens is 140 g/mol. The predicted octanol–water partition coefficient (Wildman–Crippen LogP) is 1.84. The molecule has 1 unspecified atom stereocenters. The van der Waals surface area contributed by atoms with E-state index in [1.807, 2.05) is 6.08 Å². The molecule has 0 bridgehead atoms. The van der Waals surface area contributed by atoms with Gasteiger partial charge in [-0.25, -0.2) is 0 Å². The van der Waals surface area contributed by atoms with Crippen LogP contribution >= 0.6 is 0 Å². The minimum absolute atomic E-state index is 0.361. The lowest BCUT2D eigenvalue weighted by Crippen LogP contribution is -2.15. The Morgan fingerprint density at radius 1 is 1.73 bits per heavy atom.